The van der Waals surface area contributed by atoms with Crippen LogP contribution in [0.4, 0.5) is 30.7 Å². The van der Waals surface area contributed by atoms with Crippen LogP contribution in [0, 0.1) is 11.7 Å². The number of carbonyl (C=O) groups excluding carboxylic acids is 2. The van der Waals surface area contributed by atoms with Gasteiger partial charge < -0.3 is 14.4 Å². The van der Waals surface area contributed by atoms with E-state index in [1.165, 1.54) is 36.1 Å². The van der Waals surface area contributed by atoms with Crippen LogP contribution < -0.4 is 0 Å². The van der Waals surface area contributed by atoms with E-state index in [1.54, 1.807) is 0 Å². The highest BCUT2D eigenvalue weighted by atomic mass is 19.4. The van der Waals surface area contributed by atoms with Crippen molar-refractivity contribution in [2.24, 2.45) is 5.92 Å². The summed E-state index contributed by atoms with van der Waals surface area (Å²) in [5.74, 6) is -2.33. The first-order chi connectivity index (χ1) is 16.3. The molecule has 5 atom stereocenters. The molecule has 2 aliphatic rings. The fourth-order valence-electron chi connectivity index (χ4n) is 4.90. The normalized spacial score (nSPS) is 25.6. The molecular weight excluding hydrogens is 483 g/mol. The van der Waals surface area contributed by atoms with Gasteiger partial charge in [-0.25, -0.2) is 4.39 Å². The summed E-state index contributed by atoms with van der Waals surface area (Å²) in [6.45, 7) is 1.32. The lowest BCUT2D eigenvalue weighted by Crippen LogP contribution is -2.31. The van der Waals surface area contributed by atoms with Gasteiger partial charge in [0.1, 0.15) is 12.1 Å². The van der Waals surface area contributed by atoms with Crippen molar-refractivity contribution >= 4 is 12.2 Å². The number of halogens is 7. The summed E-state index contributed by atoms with van der Waals surface area (Å²) in [6.07, 6.45) is -11.3. The van der Waals surface area contributed by atoms with Crippen LogP contribution >= 0.6 is 0 Å². The summed E-state index contributed by atoms with van der Waals surface area (Å²) in [6, 6.07) is 6.15. The molecular formula is C24H20F7NO3. The highest BCUT2D eigenvalue weighted by Crippen LogP contribution is 2.45. The number of rotatable bonds is 5. The molecule has 0 saturated carbocycles. The average molecular weight is 503 g/mol. The van der Waals surface area contributed by atoms with Crippen LogP contribution in [0.1, 0.15) is 47.6 Å². The molecule has 2 fully saturated rings. The number of hydrogen-bond acceptors (Lipinski definition) is 3. The van der Waals surface area contributed by atoms with Crippen LogP contribution in [0.3, 0.4) is 0 Å². The quantitative estimate of drug-likeness (QED) is 0.307. The van der Waals surface area contributed by atoms with Gasteiger partial charge >= 0.3 is 12.4 Å². The van der Waals surface area contributed by atoms with Crippen LogP contribution in [0.2, 0.25) is 0 Å². The minimum Gasteiger partial charge on any atom is -0.368 e. The van der Waals surface area contributed by atoms with Gasteiger partial charge in [0.15, 0.2) is 0 Å². The van der Waals surface area contributed by atoms with Crippen molar-refractivity contribution in [1.29, 1.82) is 0 Å². The number of ether oxygens (including phenoxy) is 1. The van der Waals surface area contributed by atoms with E-state index < -0.39 is 65.3 Å². The smallest absolute Gasteiger partial charge is 0.368 e. The number of aldehydes is 1. The van der Waals surface area contributed by atoms with Crippen molar-refractivity contribution in [3.05, 3.63) is 70.5 Å². The molecule has 1 unspecified atom stereocenters. The largest absolute Gasteiger partial charge is 0.416 e. The van der Waals surface area contributed by atoms with Crippen molar-refractivity contribution in [3.8, 4) is 0 Å². The molecule has 0 bridgehead atoms. The first-order valence-electron chi connectivity index (χ1n) is 10.8. The maximum Gasteiger partial charge on any atom is 0.416 e. The fraction of sp³-hybridized carbons (Fsp3) is 0.417. The molecule has 188 valence electrons. The Kier molecular flexibility index (Phi) is 6.41. The Hall–Kier alpha value is -2.95. The Morgan fingerprint density at radius 3 is 2.09 bits per heavy atom. The Balaban J connectivity index is 1.67. The van der Waals surface area contributed by atoms with E-state index in [2.05, 4.69) is 0 Å². The van der Waals surface area contributed by atoms with Gasteiger partial charge in [0.2, 0.25) is 5.91 Å². The van der Waals surface area contributed by atoms with Crippen LogP contribution in [0.15, 0.2) is 42.5 Å². The Morgan fingerprint density at radius 1 is 1.00 bits per heavy atom. The molecule has 0 aliphatic carbocycles. The highest BCUT2D eigenvalue weighted by molar-refractivity contribution is 5.94. The first-order valence-corrected chi connectivity index (χ1v) is 10.8. The van der Waals surface area contributed by atoms with E-state index in [4.69, 9.17) is 4.74 Å². The summed E-state index contributed by atoms with van der Waals surface area (Å²) in [5, 5.41) is 0. The number of alkyl halides is 6. The molecule has 2 aliphatic heterocycles. The molecule has 2 saturated heterocycles. The average Bonchev–Trinajstić information content (AvgIpc) is 3.28. The number of amides is 1. The molecule has 0 N–H and O–H groups in total. The van der Waals surface area contributed by atoms with E-state index in [-0.39, 0.29) is 24.6 Å². The molecule has 2 aromatic carbocycles. The summed E-state index contributed by atoms with van der Waals surface area (Å²) in [4.78, 5) is 25.3. The number of fused-ring (bicyclic) bond motifs is 1. The predicted octanol–water partition coefficient (Wildman–Crippen LogP) is 5.52. The SMILES string of the molecule is C[C@@H](O[C@H]1CN2C(=O)C(C=O)C[C@H]2[C@@H]1c1ccc(F)cc1)c1cc(C(F)(F)F)cc(C(F)(F)F)c1. The molecule has 0 radical (unpaired) electrons. The van der Waals surface area contributed by atoms with Crippen LogP contribution in [0.25, 0.3) is 0 Å². The second-order valence-electron chi connectivity index (χ2n) is 8.77. The number of hydrogen-bond donors (Lipinski definition) is 0. The zero-order valence-corrected chi connectivity index (χ0v) is 18.2. The van der Waals surface area contributed by atoms with Crippen LogP contribution in [-0.4, -0.2) is 35.8 Å². The Morgan fingerprint density at radius 2 is 1.57 bits per heavy atom. The van der Waals surface area contributed by atoms with Gasteiger partial charge in [-0.15, -0.1) is 0 Å². The van der Waals surface area contributed by atoms with Gasteiger partial charge in [0.25, 0.3) is 0 Å². The van der Waals surface area contributed by atoms with Gasteiger partial charge in [-0.2, -0.15) is 26.3 Å². The van der Waals surface area contributed by atoms with Gasteiger partial charge in [-0.1, -0.05) is 12.1 Å². The topological polar surface area (TPSA) is 46.6 Å². The van der Waals surface area contributed by atoms with Gasteiger partial charge in [0, 0.05) is 18.5 Å². The molecule has 4 nitrogen and oxygen atoms in total. The monoisotopic (exact) mass is 503 g/mol. The lowest BCUT2D eigenvalue weighted by atomic mass is 9.86. The molecule has 1 amide bonds. The number of nitrogens with zero attached hydrogens (tertiary/aromatic N) is 1. The standard InChI is InChI=1S/C24H20F7NO3/c1-12(14-6-16(23(26,27)28)9-17(7-14)24(29,30)31)35-20-10-32-19(8-15(11-33)22(32)34)21(20)13-2-4-18(25)5-3-13/h2-7,9,11-12,15,19-21H,8,10H2,1H3/t12-,15?,19+,20+,21+/m1/s1. The Bertz CT molecular complexity index is 1080. The molecule has 2 aromatic rings. The molecule has 4 rings (SSSR count). The second kappa shape index (κ2) is 8.92. The van der Waals surface area contributed by atoms with Crippen LogP contribution in [-0.2, 0) is 26.7 Å². The van der Waals surface area contributed by atoms with E-state index in [0.717, 1.165) is 0 Å². The van der Waals surface area contributed by atoms with Crippen molar-refractivity contribution < 1.29 is 45.1 Å². The zero-order valence-electron chi connectivity index (χ0n) is 18.2. The minimum atomic E-state index is -5.00. The number of carbonyl (C=O) groups is 2. The summed E-state index contributed by atoms with van der Waals surface area (Å²) < 4.78 is 99.1. The van der Waals surface area contributed by atoms with E-state index in [9.17, 15) is 40.3 Å². The van der Waals surface area contributed by atoms with E-state index in [0.29, 0.717) is 24.0 Å². The van der Waals surface area contributed by atoms with E-state index in [1.807, 2.05) is 0 Å². The molecule has 0 aromatic heterocycles. The van der Waals surface area contributed by atoms with E-state index >= 15 is 0 Å². The van der Waals surface area contributed by atoms with Crippen molar-refractivity contribution in [2.45, 2.75) is 49.9 Å². The highest BCUT2D eigenvalue weighted by Gasteiger charge is 2.52. The third-order valence-corrected chi connectivity index (χ3v) is 6.57. The number of benzene rings is 2. The third kappa shape index (κ3) is 4.91. The van der Waals surface area contributed by atoms with Crippen molar-refractivity contribution in [1.82, 2.24) is 4.90 Å². The fourth-order valence-corrected chi connectivity index (χ4v) is 4.90. The Labute approximate surface area is 195 Å². The summed E-state index contributed by atoms with van der Waals surface area (Å²) in [7, 11) is 0. The maximum atomic E-state index is 13.5. The van der Waals surface area contributed by atoms with Crippen molar-refractivity contribution in [2.75, 3.05) is 6.54 Å². The molecule has 11 heteroatoms. The molecule has 0 spiro atoms. The predicted molar refractivity (Wildman–Crippen MR) is 109 cm³/mol. The van der Waals surface area contributed by atoms with Gasteiger partial charge in [-0.05, 0) is 54.8 Å². The minimum absolute atomic E-state index is 0.00862. The molecule has 2 heterocycles. The van der Waals surface area contributed by atoms with Crippen molar-refractivity contribution in [3.63, 3.8) is 0 Å². The second-order valence-corrected chi connectivity index (χ2v) is 8.77. The molecule has 35 heavy (non-hydrogen) atoms. The third-order valence-electron chi connectivity index (χ3n) is 6.57. The maximum absolute atomic E-state index is 13.5. The lowest BCUT2D eigenvalue weighted by molar-refractivity contribution is -0.143. The lowest BCUT2D eigenvalue weighted by Gasteiger charge is -2.27. The first kappa shape index (κ1) is 25.2. The van der Waals surface area contributed by atoms with Crippen LogP contribution in [0.5, 0.6) is 0 Å². The van der Waals surface area contributed by atoms with Gasteiger partial charge in [0.05, 0.1) is 29.3 Å². The summed E-state index contributed by atoms with van der Waals surface area (Å²) in [5.41, 5.74) is -2.66. The zero-order chi connectivity index (χ0) is 25.7. The summed E-state index contributed by atoms with van der Waals surface area (Å²) >= 11 is 0. The van der Waals surface area contributed by atoms with Gasteiger partial charge in [-0.3, -0.25) is 4.79 Å².